The third kappa shape index (κ3) is 5.97. The average Bonchev–Trinajstić information content (AvgIpc) is 2.68. The Morgan fingerprint density at radius 1 is 1.18 bits per heavy atom. The van der Waals surface area contributed by atoms with Gasteiger partial charge in [-0.15, -0.1) is 0 Å². The molecule has 1 amide bonds. The van der Waals surface area contributed by atoms with Gasteiger partial charge >= 0.3 is 5.97 Å². The topological polar surface area (TPSA) is 117 Å². The van der Waals surface area contributed by atoms with Crippen LogP contribution in [-0.2, 0) is 14.3 Å². The summed E-state index contributed by atoms with van der Waals surface area (Å²) < 4.78 is 15.3. The first-order chi connectivity index (χ1) is 13.4. The molecular weight excluding hydrogens is 368 g/mol. The minimum Gasteiger partial charge on any atom is -0.496 e. The molecule has 0 bridgehead atoms. The molecule has 148 valence electrons. The third-order valence-corrected chi connectivity index (χ3v) is 3.70. The predicted molar refractivity (Wildman–Crippen MR) is 101 cm³/mol. The zero-order valence-corrected chi connectivity index (χ0v) is 15.5. The number of hydrogen-bond donors (Lipinski definition) is 1. The summed E-state index contributed by atoms with van der Waals surface area (Å²) in [4.78, 5) is 34.1. The van der Waals surface area contributed by atoms with Gasteiger partial charge < -0.3 is 19.5 Å². The molecule has 0 aliphatic rings. The standard InChI is InChI=1S/C19H20N2O7/c1-13-5-3-4-6-17(13)27-10-9-19(23)28-12-18(22)20-15-8-7-14(26-2)11-16(15)21(24)25/h3-8,11H,9-10,12H2,1-2H3,(H,20,22). The number of aryl methyl sites for hydroxylation is 1. The number of rotatable bonds is 9. The molecule has 2 rings (SSSR count). The number of nitro groups is 1. The number of carbonyl (C=O) groups excluding carboxylic acids is 2. The van der Waals surface area contributed by atoms with Crippen molar-refractivity contribution in [3.63, 3.8) is 0 Å². The lowest BCUT2D eigenvalue weighted by molar-refractivity contribution is -0.384. The fourth-order valence-electron chi connectivity index (χ4n) is 2.26. The fraction of sp³-hybridized carbons (Fsp3) is 0.263. The van der Waals surface area contributed by atoms with Crippen LogP contribution >= 0.6 is 0 Å². The highest BCUT2D eigenvalue weighted by atomic mass is 16.6. The first-order valence-electron chi connectivity index (χ1n) is 8.37. The van der Waals surface area contributed by atoms with Gasteiger partial charge in [0.15, 0.2) is 6.61 Å². The van der Waals surface area contributed by atoms with E-state index in [1.54, 1.807) is 6.07 Å². The Hall–Kier alpha value is -3.62. The van der Waals surface area contributed by atoms with Crippen molar-refractivity contribution in [3.05, 3.63) is 58.1 Å². The van der Waals surface area contributed by atoms with Crippen LogP contribution in [0, 0.1) is 17.0 Å². The van der Waals surface area contributed by atoms with Gasteiger partial charge in [0.25, 0.3) is 11.6 Å². The third-order valence-electron chi connectivity index (χ3n) is 3.70. The lowest BCUT2D eigenvalue weighted by Crippen LogP contribution is -2.22. The largest absolute Gasteiger partial charge is 0.496 e. The van der Waals surface area contributed by atoms with E-state index in [0.717, 1.165) is 5.56 Å². The number of para-hydroxylation sites is 1. The molecule has 2 aromatic rings. The quantitative estimate of drug-likeness (QED) is 0.399. The Morgan fingerprint density at radius 2 is 1.93 bits per heavy atom. The van der Waals surface area contributed by atoms with Gasteiger partial charge in [-0.1, -0.05) is 18.2 Å². The van der Waals surface area contributed by atoms with Crippen LogP contribution in [0.5, 0.6) is 11.5 Å². The number of benzene rings is 2. The van der Waals surface area contributed by atoms with Crippen molar-refractivity contribution in [2.75, 3.05) is 25.6 Å². The lowest BCUT2D eigenvalue weighted by Gasteiger charge is -2.09. The molecule has 0 spiro atoms. The summed E-state index contributed by atoms with van der Waals surface area (Å²) in [7, 11) is 1.37. The number of esters is 1. The van der Waals surface area contributed by atoms with Gasteiger partial charge in [-0.05, 0) is 30.7 Å². The van der Waals surface area contributed by atoms with Crippen molar-refractivity contribution in [2.45, 2.75) is 13.3 Å². The van der Waals surface area contributed by atoms with Gasteiger partial charge in [0.05, 0.1) is 31.1 Å². The van der Waals surface area contributed by atoms with Crippen LogP contribution in [-0.4, -0.2) is 37.1 Å². The highest BCUT2D eigenvalue weighted by Crippen LogP contribution is 2.28. The molecular formula is C19H20N2O7. The molecule has 0 aliphatic heterocycles. The second-order valence-electron chi connectivity index (χ2n) is 5.71. The Morgan fingerprint density at radius 3 is 2.61 bits per heavy atom. The predicted octanol–water partition coefficient (Wildman–Crippen LogP) is 2.86. The highest BCUT2D eigenvalue weighted by Gasteiger charge is 2.18. The van der Waals surface area contributed by atoms with E-state index < -0.39 is 23.4 Å². The number of ether oxygens (including phenoxy) is 3. The van der Waals surface area contributed by atoms with E-state index in [2.05, 4.69) is 5.32 Å². The van der Waals surface area contributed by atoms with Crippen molar-refractivity contribution < 1.29 is 28.7 Å². The van der Waals surface area contributed by atoms with Gasteiger partial charge in [0.1, 0.15) is 17.2 Å². The minimum atomic E-state index is -0.693. The monoisotopic (exact) mass is 388 g/mol. The molecule has 1 N–H and O–H groups in total. The van der Waals surface area contributed by atoms with E-state index in [0.29, 0.717) is 5.75 Å². The number of anilines is 1. The maximum Gasteiger partial charge on any atom is 0.309 e. The molecule has 0 saturated carbocycles. The van der Waals surface area contributed by atoms with E-state index in [9.17, 15) is 19.7 Å². The SMILES string of the molecule is COc1ccc(NC(=O)COC(=O)CCOc2ccccc2C)c([N+](=O)[O-])c1. The Bertz CT molecular complexity index is 867. The molecule has 28 heavy (non-hydrogen) atoms. The van der Waals surface area contributed by atoms with E-state index in [4.69, 9.17) is 14.2 Å². The summed E-state index contributed by atoms with van der Waals surface area (Å²) in [6.07, 6.45) is -0.0374. The second-order valence-corrected chi connectivity index (χ2v) is 5.71. The summed E-state index contributed by atoms with van der Waals surface area (Å²) in [5, 5.41) is 13.4. The maximum atomic E-state index is 11.9. The van der Waals surface area contributed by atoms with Crippen LogP contribution in [0.4, 0.5) is 11.4 Å². The van der Waals surface area contributed by atoms with E-state index in [1.807, 2.05) is 25.1 Å². The molecule has 0 saturated heterocycles. The van der Waals surface area contributed by atoms with Crippen LogP contribution < -0.4 is 14.8 Å². The van der Waals surface area contributed by atoms with Crippen molar-refractivity contribution in [2.24, 2.45) is 0 Å². The van der Waals surface area contributed by atoms with Gasteiger partial charge in [0.2, 0.25) is 0 Å². The van der Waals surface area contributed by atoms with E-state index in [1.165, 1.54) is 25.3 Å². The molecule has 0 atom stereocenters. The number of nitrogens with one attached hydrogen (secondary N) is 1. The molecule has 0 radical (unpaired) electrons. The molecule has 9 nitrogen and oxygen atoms in total. The van der Waals surface area contributed by atoms with Gasteiger partial charge in [-0.3, -0.25) is 19.7 Å². The lowest BCUT2D eigenvalue weighted by atomic mass is 10.2. The van der Waals surface area contributed by atoms with Crippen molar-refractivity contribution in [1.29, 1.82) is 0 Å². The molecule has 0 unspecified atom stereocenters. The van der Waals surface area contributed by atoms with Gasteiger partial charge in [0, 0.05) is 0 Å². The van der Waals surface area contributed by atoms with Crippen LogP contribution in [0.2, 0.25) is 0 Å². The van der Waals surface area contributed by atoms with E-state index in [-0.39, 0.29) is 30.2 Å². The summed E-state index contributed by atoms with van der Waals surface area (Å²) in [6, 6.07) is 11.4. The highest BCUT2D eigenvalue weighted by molar-refractivity contribution is 5.95. The molecule has 9 heteroatoms. The van der Waals surface area contributed by atoms with Crippen LogP contribution in [0.15, 0.2) is 42.5 Å². The fourth-order valence-corrected chi connectivity index (χ4v) is 2.26. The number of carbonyl (C=O) groups is 2. The number of amides is 1. The van der Waals surface area contributed by atoms with Crippen LogP contribution in [0.1, 0.15) is 12.0 Å². The molecule has 0 heterocycles. The maximum absolute atomic E-state index is 11.9. The number of methoxy groups -OCH3 is 1. The summed E-state index contributed by atoms with van der Waals surface area (Å²) >= 11 is 0. The van der Waals surface area contributed by atoms with Gasteiger partial charge in [-0.25, -0.2) is 0 Å². The molecule has 0 aliphatic carbocycles. The molecule has 0 aromatic heterocycles. The number of nitro benzene ring substituents is 1. The van der Waals surface area contributed by atoms with Crippen molar-refractivity contribution in [3.8, 4) is 11.5 Å². The van der Waals surface area contributed by atoms with Crippen LogP contribution in [0.3, 0.4) is 0 Å². The Labute approximate surface area is 161 Å². The Kier molecular flexibility index (Phi) is 7.32. The summed E-state index contributed by atoms with van der Waals surface area (Å²) in [5.41, 5.74) is 0.594. The molecule has 0 fully saturated rings. The number of nitrogens with zero attached hydrogens (tertiary/aromatic N) is 1. The van der Waals surface area contributed by atoms with Crippen LogP contribution in [0.25, 0.3) is 0 Å². The summed E-state index contributed by atoms with van der Waals surface area (Å²) in [5.74, 6) is -0.362. The first-order valence-corrected chi connectivity index (χ1v) is 8.37. The van der Waals surface area contributed by atoms with Crippen molar-refractivity contribution >= 4 is 23.3 Å². The smallest absolute Gasteiger partial charge is 0.309 e. The summed E-state index contributed by atoms with van der Waals surface area (Å²) in [6.45, 7) is 1.43. The average molecular weight is 388 g/mol. The second kappa shape index (κ2) is 9.91. The van der Waals surface area contributed by atoms with E-state index >= 15 is 0 Å². The first kappa shape index (κ1) is 20.7. The van der Waals surface area contributed by atoms with Gasteiger partial charge in [-0.2, -0.15) is 0 Å². The molecule has 2 aromatic carbocycles. The normalized spacial score (nSPS) is 10.1. The zero-order chi connectivity index (χ0) is 20.5. The zero-order valence-electron chi connectivity index (χ0n) is 15.5. The Balaban J connectivity index is 1.80. The van der Waals surface area contributed by atoms with Crippen molar-refractivity contribution in [1.82, 2.24) is 0 Å². The number of hydrogen-bond acceptors (Lipinski definition) is 7. The minimum absolute atomic E-state index is 0.0188.